The number of aryl methyl sites for hydroxylation is 2. The molecule has 18 heavy (non-hydrogen) atoms. The van der Waals surface area contributed by atoms with Gasteiger partial charge in [-0.2, -0.15) is 0 Å². The Bertz CT molecular complexity index is 544. The first-order valence-corrected chi connectivity index (χ1v) is 5.66. The van der Waals surface area contributed by atoms with Crippen molar-refractivity contribution in [1.29, 1.82) is 0 Å². The number of hydrogen-bond donors (Lipinski definition) is 2. The molecule has 94 valence electrons. The highest BCUT2D eigenvalue weighted by atomic mass is 16.1. The van der Waals surface area contributed by atoms with Crippen molar-refractivity contribution < 1.29 is 4.79 Å². The molecule has 0 bridgehead atoms. The van der Waals surface area contributed by atoms with Crippen LogP contribution in [-0.4, -0.2) is 15.5 Å². The van der Waals surface area contributed by atoms with E-state index in [4.69, 9.17) is 5.73 Å². The van der Waals surface area contributed by atoms with Gasteiger partial charge in [-0.1, -0.05) is 17.7 Å². The zero-order chi connectivity index (χ0) is 13.1. The van der Waals surface area contributed by atoms with Gasteiger partial charge in [0.05, 0.1) is 18.2 Å². The van der Waals surface area contributed by atoms with Crippen LogP contribution in [0.5, 0.6) is 0 Å². The number of nitrogens with one attached hydrogen (secondary N) is 1. The standard InChI is InChI=1S/C13H16N4O/c1-9-3-5-10(6-4-9)16-12(13(14)18)11-7-15-8-17(11)2/h3-8,12,16H,1-2H3,(H2,14,18). The molecule has 0 radical (unpaired) electrons. The summed E-state index contributed by atoms with van der Waals surface area (Å²) in [7, 11) is 1.83. The second kappa shape index (κ2) is 4.91. The van der Waals surface area contributed by atoms with Gasteiger partial charge < -0.3 is 15.6 Å². The number of imidazole rings is 1. The lowest BCUT2D eigenvalue weighted by molar-refractivity contribution is -0.118. The highest BCUT2D eigenvalue weighted by Gasteiger charge is 2.20. The van der Waals surface area contributed by atoms with Crippen molar-refractivity contribution in [2.24, 2.45) is 12.8 Å². The molecule has 2 rings (SSSR count). The van der Waals surface area contributed by atoms with Gasteiger partial charge in [-0.3, -0.25) is 4.79 Å². The van der Waals surface area contributed by atoms with Gasteiger partial charge in [-0.25, -0.2) is 4.98 Å². The summed E-state index contributed by atoms with van der Waals surface area (Å²) >= 11 is 0. The molecule has 0 fully saturated rings. The minimum Gasteiger partial charge on any atom is -0.369 e. The highest BCUT2D eigenvalue weighted by molar-refractivity contribution is 5.84. The number of amides is 1. The Balaban J connectivity index is 2.25. The number of aromatic nitrogens is 2. The first-order valence-electron chi connectivity index (χ1n) is 5.66. The molecular formula is C13H16N4O. The summed E-state index contributed by atoms with van der Waals surface area (Å²) in [5.74, 6) is -0.431. The predicted molar refractivity (Wildman–Crippen MR) is 69.9 cm³/mol. The second-order valence-corrected chi connectivity index (χ2v) is 4.28. The smallest absolute Gasteiger partial charge is 0.246 e. The molecule has 2 aromatic rings. The van der Waals surface area contributed by atoms with Crippen LogP contribution in [0.25, 0.3) is 0 Å². The van der Waals surface area contributed by atoms with E-state index in [-0.39, 0.29) is 0 Å². The van der Waals surface area contributed by atoms with E-state index < -0.39 is 11.9 Å². The Kier molecular flexibility index (Phi) is 3.32. The first-order chi connectivity index (χ1) is 8.58. The minimum absolute atomic E-state index is 0.431. The number of primary amides is 1. The number of nitrogens with two attached hydrogens (primary N) is 1. The van der Waals surface area contributed by atoms with Crippen LogP contribution < -0.4 is 11.1 Å². The molecule has 0 spiro atoms. The van der Waals surface area contributed by atoms with Crippen LogP contribution in [0.2, 0.25) is 0 Å². The van der Waals surface area contributed by atoms with Gasteiger partial charge in [-0.05, 0) is 19.1 Å². The Morgan fingerprint density at radius 2 is 2.06 bits per heavy atom. The third-order valence-electron chi connectivity index (χ3n) is 2.80. The lowest BCUT2D eigenvalue weighted by Gasteiger charge is -2.17. The molecular weight excluding hydrogens is 228 g/mol. The summed E-state index contributed by atoms with van der Waals surface area (Å²) in [5, 5.41) is 3.11. The zero-order valence-electron chi connectivity index (χ0n) is 10.4. The number of anilines is 1. The van der Waals surface area contributed by atoms with E-state index in [2.05, 4.69) is 10.3 Å². The maximum absolute atomic E-state index is 11.5. The molecule has 5 nitrogen and oxygen atoms in total. The maximum atomic E-state index is 11.5. The van der Waals surface area contributed by atoms with E-state index in [1.807, 2.05) is 38.2 Å². The molecule has 0 aliphatic carbocycles. The fraction of sp³-hybridized carbons (Fsp3) is 0.231. The zero-order valence-corrected chi connectivity index (χ0v) is 10.4. The van der Waals surface area contributed by atoms with Crippen molar-refractivity contribution in [2.45, 2.75) is 13.0 Å². The van der Waals surface area contributed by atoms with Crippen molar-refractivity contribution in [3.05, 3.63) is 48.0 Å². The largest absolute Gasteiger partial charge is 0.369 e. The molecule has 1 heterocycles. The van der Waals surface area contributed by atoms with E-state index >= 15 is 0 Å². The Hall–Kier alpha value is -2.30. The molecule has 0 aliphatic rings. The van der Waals surface area contributed by atoms with E-state index in [9.17, 15) is 4.79 Å². The molecule has 0 saturated heterocycles. The maximum Gasteiger partial charge on any atom is 0.246 e. The molecule has 1 aromatic heterocycles. The van der Waals surface area contributed by atoms with Crippen LogP contribution in [0.3, 0.4) is 0 Å². The SMILES string of the molecule is Cc1ccc(NC(C(N)=O)c2cncn2C)cc1. The first kappa shape index (κ1) is 12.2. The summed E-state index contributed by atoms with van der Waals surface area (Å²) < 4.78 is 1.77. The average Bonchev–Trinajstić information content (AvgIpc) is 2.74. The number of carbonyl (C=O) groups is 1. The van der Waals surface area contributed by atoms with Crippen molar-refractivity contribution in [2.75, 3.05) is 5.32 Å². The quantitative estimate of drug-likeness (QED) is 0.853. The molecule has 1 aromatic carbocycles. The summed E-state index contributed by atoms with van der Waals surface area (Å²) in [5.41, 5.74) is 8.19. The summed E-state index contributed by atoms with van der Waals surface area (Å²) in [6, 6.07) is 7.21. The fourth-order valence-electron chi connectivity index (χ4n) is 1.75. The molecule has 1 unspecified atom stereocenters. The molecule has 3 N–H and O–H groups in total. The van der Waals surface area contributed by atoms with Gasteiger partial charge in [0.1, 0.15) is 6.04 Å². The van der Waals surface area contributed by atoms with Gasteiger partial charge in [0.2, 0.25) is 5.91 Å². The number of rotatable bonds is 4. The fourth-order valence-corrected chi connectivity index (χ4v) is 1.75. The van der Waals surface area contributed by atoms with E-state index in [1.54, 1.807) is 17.1 Å². The van der Waals surface area contributed by atoms with E-state index in [1.165, 1.54) is 0 Å². The number of benzene rings is 1. The highest BCUT2D eigenvalue weighted by Crippen LogP contribution is 2.19. The van der Waals surface area contributed by atoms with Crippen molar-refractivity contribution in [1.82, 2.24) is 9.55 Å². The van der Waals surface area contributed by atoms with Gasteiger partial charge in [0.15, 0.2) is 0 Å². The normalized spacial score (nSPS) is 12.1. The van der Waals surface area contributed by atoms with E-state index in [0.717, 1.165) is 16.9 Å². The lowest BCUT2D eigenvalue weighted by Crippen LogP contribution is -2.29. The monoisotopic (exact) mass is 244 g/mol. The van der Waals surface area contributed by atoms with Gasteiger partial charge in [0, 0.05) is 12.7 Å². The second-order valence-electron chi connectivity index (χ2n) is 4.28. The predicted octanol–water partition coefficient (Wildman–Crippen LogP) is 1.37. The average molecular weight is 244 g/mol. The minimum atomic E-state index is -0.583. The Labute approximate surface area is 106 Å². The summed E-state index contributed by atoms with van der Waals surface area (Å²) in [6.07, 6.45) is 3.28. The topological polar surface area (TPSA) is 72.9 Å². The van der Waals surface area contributed by atoms with E-state index in [0.29, 0.717) is 0 Å². The third kappa shape index (κ3) is 2.51. The van der Waals surface area contributed by atoms with Crippen LogP contribution in [-0.2, 0) is 11.8 Å². The van der Waals surface area contributed by atoms with Gasteiger partial charge >= 0.3 is 0 Å². The van der Waals surface area contributed by atoms with Crippen molar-refractivity contribution in [3.63, 3.8) is 0 Å². The lowest BCUT2D eigenvalue weighted by atomic mass is 10.1. The van der Waals surface area contributed by atoms with Crippen LogP contribution in [0, 0.1) is 6.92 Å². The van der Waals surface area contributed by atoms with Crippen LogP contribution in [0.4, 0.5) is 5.69 Å². The third-order valence-corrected chi connectivity index (χ3v) is 2.80. The number of hydrogen-bond acceptors (Lipinski definition) is 3. The molecule has 1 amide bonds. The molecule has 0 aliphatic heterocycles. The van der Waals surface area contributed by atoms with Crippen LogP contribution >= 0.6 is 0 Å². The molecule has 5 heteroatoms. The Morgan fingerprint density at radius 1 is 1.39 bits per heavy atom. The Morgan fingerprint density at radius 3 is 2.56 bits per heavy atom. The number of carbonyl (C=O) groups excluding carboxylic acids is 1. The van der Waals surface area contributed by atoms with Crippen LogP contribution in [0.15, 0.2) is 36.8 Å². The molecule has 0 saturated carbocycles. The van der Waals surface area contributed by atoms with Crippen LogP contribution in [0.1, 0.15) is 17.3 Å². The van der Waals surface area contributed by atoms with Gasteiger partial charge in [-0.15, -0.1) is 0 Å². The summed E-state index contributed by atoms with van der Waals surface area (Å²) in [4.78, 5) is 15.5. The van der Waals surface area contributed by atoms with Crippen molar-refractivity contribution >= 4 is 11.6 Å². The molecule has 1 atom stereocenters. The van der Waals surface area contributed by atoms with Crippen molar-refractivity contribution in [3.8, 4) is 0 Å². The van der Waals surface area contributed by atoms with Gasteiger partial charge in [0.25, 0.3) is 0 Å². The summed E-state index contributed by atoms with van der Waals surface area (Å²) in [6.45, 7) is 2.01. The number of nitrogens with zero attached hydrogens (tertiary/aromatic N) is 2.